The molecule has 0 atom stereocenters. The highest BCUT2D eigenvalue weighted by atomic mass is 15.1. The molecule has 0 unspecified atom stereocenters. The number of aromatic nitrogens is 2. The van der Waals surface area contributed by atoms with E-state index in [9.17, 15) is 0 Å². The molecular weight excluding hydrogens is 1110 g/mol. The summed E-state index contributed by atoms with van der Waals surface area (Å²) >= 11 is 0. The first-order chi connectivity index (χ1) is 43.3. The quantitative estimate of drug-likeness (QED) is 0.156. The smallest absolute Gasteiger partial charge is 0.253 e. The standard InChI is InChI=1S/C89H89BN2/c1-82(2,3)53-34-32-50(33-35-53)77-74(62-49-70-69(87(16,17)38-39-88(70,18)19)48-61(62)52-40-54(83(4,5)6)43-55(41-52)84(7,8)9)65-42-51-26-20-21-27-58(51)75-80(65)91(77)73-37-36-68-81-76(73)90(75)72-47-57(86(13,14)15)45-64-63-44-56(85(10,11)12)46-71(78(63)92(81)79(64)72)89(68)66-30-24-22-28-59(66)60-29-23-25-31-67(60)89/h20-37,40-49H,38-39H2,1-19H3. The third-order valence-electron chi connectivity index (χ3n) is 23.3. The Morgan fingerprint density at radius 3 is 1.46 bits per heavy atom. The van der Waals surface area contributed by atoms with Crippen LogP contribution in [0.4, 0.5) is 0 Å². The summed E-state index contributed by atoms with van der Waals surface area (Å²) in [5.74, 6) is 0. The van der Waals surface area contributed by atoms with E-state index >= 15 is 0 Å². The normalized spacial score (nSPS) is 16.4. The van der Waals surface area contributed by atoms with Crippen molar-refractivity contribution in [2.75, 3.05) is 0 Å². The molecule has 2 aliphatic carbocycles. The summed E-state index contributed by atoms with van der Waals surface area (Å²) < 4.78 is 5.65. The molecule has 2 aromatic heterocycles. The summed E-state index contributed by atoms with van der Waals surface area (Å²) in [7, 11) is 0. The SMILES string of the molecule is CC(C)(C)c1ccc(-c2c(-c3cc4c(cc3-c3cc(C(C)(C)C)cc(C(C)(C)C)c3)C(C)(C)CCC4(C)C)c3cc4ccccc4c4c3n2-c2ccc3c5c2B4c2cc(C(C)(C)C)cc4c6cc(C(C)(C)C)cc(c6n-5c24)C32c3ccccc3-c3ccccc32)cc1. The van der Waals surface area contributed by atoms with Crippen LogP contribution < -0.4 is 16.4 Å². The average molecular weight is 1200 g/mol. The minimum Gasteiger partial charge on any atom is -0.310 e. The Morgan fingerprint density at radius 1 is 0.348 bits per heavy atom. The van der Waals surface area contributed by atoms with Gasteiger partial charge in [-0.1, -0.05) is 265 Å². The van der Waals surface area contributed by atoms with Crippen LogP contribution >= 0.6 is 0 Å². The number of nitrogens with zero attached hydrogens (tertiary/aromatic N) is 2. The Kier molecular flexibility index (Phi) is 11.4. The molecule has 0 fully saturated rings. The van der Waals surface area contributed by atoms with E-state index in [4.69, 9.17) is 0 Å². The lowest BCUT2D eigenvalue weighted by Gasteiger charge is -2.44. The minimum atomic E-state index is -0.607. The zero-order chi connectivity index (χ0) is 64.4. The van der Waals surface area contributed by atoms with E-state index in [0.29, 0.717) is 0 Å². The van der Waals surface area contributed by atoms with E-state index in [1.54, 1.807) is 0 Å². The van der Waals surface area contributed by atoms with Crippen molar-refractivity contribution < 1.29 is 0 Å². The van der Waals surface area contributed by atoms with Crippen LogP contribution in [-0.4, -0.2) is 15.8 Å². The molecular formula is C89H89BN2. The first-order valence-electron chi connectivity index (χ1n) is 34.4. The second kappa shape index (κ2) is 18.2. The van der Waals surface area contributed by atoms with Crippen molar-refractivity contribution >= 4 is 66.6 Å². The molecule has 0 saturated heterocycles. The topological polar surface area (TPSA) is 9.86 Å². The van der Waals surface area contributed by atoms with Gasteiger partial charge in [-0.25, -0.2) is 0 Å². The van der Waals surface area contributed by atoms with Gasteiger partial charge in [0.15, 0.2) is 0 Å². The number of hydrogen-bond acceptors (Lipinski definition) is 0. The molecule has 5 aliphatic rings. The molecule has 17 rings (SSSR count). The molecule has 0 N–H and O–H groups in total. The van der Waals surface area contributed by atoms with Gasteiger partial charge in [0.1, 0.15) is 0 Å². The Labute approximate surface area is 547 Å². The molecule has 92 heavy (non-hydrogen) atoms. The highest BCUT2D eigenvalue weighted by Gasteiger charge is 2.55. The molecule has 1 spiro atoms. The molecule has 5 heterocycles. The van der Waals surface area contributed by atoms with E-state index in [0.717, 1.165) is 12.8 Å². The molecule has 0 saturated carbocycles. The van der Waals surface area contributed by atoms with E-state index in [2.05, 4.69) is 311 Å². The third kappa shape index (κ3) is 7.63. The van der Waals surface area contributed by atoms with Crippen molar-refractivity contribution in [3.8, 4) is 56.0 Å². The molecule has 458 valence electrons. The van der Waals surface area contributed by atoms with Crippen LogP contribution in [0.5, 0.6) is 0 Å². The van der Waals surface area contributed by atoms with Crippen molar-refractivity contribution in [2.45, 2.75) is 188 Å². The van der Waals surface area contributed by atoms with Gasteiger partial charge in [-0.2, -0.15) is 0 Å². The highest BCUT2D eigenvalue weighted by molar-refractivity contribution is 7.01. The van der Waals surface area contributed by atoms with Crippen LogP contribution in [0, 0.1) is 0 Å². The Balaban J connectivity index is 1.12. The average Bonchev–Trinajstić information content (AvgIpc) is 1.42. The summed E-state index contributed by atoms with van der Waals surface area (Å²) in [5.41, 5.74) is 35.5. The number of fused-ring (bicyclic) bond motifs is 14. The molecule has 0 radical (unpaired) electrons. The summed E-state index contributed by atoms with van der Waals surface area (Å²) in [6.45, 7) is 45.9. The minimum absolute atomic E-state index is 0.0153. The van der Waals surface area contributed by atoms with E-state index in [1.807, 2.05) is 0 Å². The van der Waals surface area contributed by atoms with E-state index in [1.165, 1.54) is 177 Å². The van der Waals surface area contributed by atoms with E-state index in [-0.39, 0.29) is 44.6 Å². The molecule has 3 heteroatoms. The summed E-state index contributed by atoms with van der Waals surface area (Å²) in [6.07, 6.45) is 2.27. The zero-order valence-corrected chi connectivity index (χ0v) is 58.1. The van der Waals surface area contributed by atoms with Crippen molar-refractivity contribution in [1.82, 2.24) is 9.13 Å². The predicted molar refractivity (Wildman–Crippen MR) is 396 cm³/mol. The van der Waals surface area contributed by atoms with Gasteiger partial charge in [-0.15, -0.1) is 0 Å². The fourth-order valence-electron chi connectivity index (χ4n) is 18.0. The van der Waals surface area contributed by atoms with Gasteiger partial charge in [-0.3, -0.25) is 0 Å². The first-order valence-corrected chi connectivity index (χ1v) is 34.4. The molecule has 3 aliphatic heterocycles. The lowest BCUT2D eigenvalue weighted by molar-refractivity contribution is 0.332. The Hall–Kier alpha value is -8.14. The monoisotopic (exact) mass is 1200 g/mol. The van der Waals surface area contributed by atoms with Crippen LogP contribution in [0.3, 0.4) is 0 Å². The van der Waals surface area contributed by atoms with Gasteiger partial charge in [-0.05, 0) is 209 Å². The fourth-order valence-corrected chi connectivity index (χ4v) is 18.0. The lowest BCUT2D eigenvalue weighted by atomic mass is 9.33. The summed E-state index contributed by atoms with van der Waals surface area (Å²) in [4.78, 5) is 0. The van der Waals surface area contributed by atoms with Gasteiger partial charge in [0.25, 0.3) is 6.71 Å². The molecule has 2 nitrogen and oxygen atoms in total. The summed E-state index contributed by atoms with van der Waals surface area (Å²) in [6, 6.07) is 69.6. The van der Waals surface area contributed by atoms with Crippen molar-refractivity contribution in [1.29, 1.82) is 0 Å². The highest BCUT2D eigenvalue weighted by Crippen LogP contribution is 2.63. The maximum Gasteiger partial charge on any atom is 0.253 e. The fraction of sp³-hybridized carbons (Fsp3) is 0.326. The Bertz CT molecular complexity index is 5200. The Morgan fingerprint density at radius 2 is 0.870 bits per heavy atom. The largest absolute Gasteiger partial charge is 0.310 e. The van der Waals surface area contributed by atoms with Crippen molar-refractivity contribution in [3.05, 3.63) is 231 Å². The van der Waals surface area contributed by atoms with Crippen molar-refractivity contribution in [2.24, 2.45) is 0 Å². The summed E-state index contributed by atoms with van der Waals surface area (Å²) in [5, 5.41) is 6.64. The maximum absolute atomic E-state index is 2.83. The van der Waals surface area contributed by atoms with Crippen LogP contribution in [0.15, 0.2) is 170 Å². The van der Waals surface area contributed by atoms with Gasteiger partial charge in [0, 0.05) is 38.6 Å². The van der Waals surface area contributed by atoms with Crippen LogP contribution in [0.1, 0.15) is 206 Å². The lowest BCUT2D eigenvalue weighted by Crippen LogP contribution is -2.61. The third-order valence-corrected chi connectivity index (χ3v) is 23.3. The molecule has 12 aromatic rings. The number of rotatable bonds is 3. The number of hydrogen-bond donors (Lipinski definition) is 0. The van der Waals surface area contributed by atoms with Crippen LogP contribution in [0.2, 0.25) is 0 Å². The van der Waals surface area contributed by atoms with Gasteiger partial charge in [0.2, 0.25) is 0 Å². The van der Waals surface area contributed by atoms with Gasteiger partial charge in [0.05, 0.1) is 22.1 Å². The predicted octanol–water partition coefficient (Wildman–Crippen LogP) is 21.5. The van der Waals surface area contributed by atoms with E-state index < -0.39 is 5.41 Å². The van der Waals surface area contributed by atoms with Crippen LogP contribution in [0.25, 0.3) is 99.5 Å². The van der Waals surface area contributed by atoms with Gasteiger partial charge >= 0.3 is 0 Å². The second-order valence-corrected chi connectivity index (χ2v) is 35.2. The van der Waals surface area contributed by atoms with Gasteiger partial charge < -0.3 is 9.13 Å². The maximum atomic E-state index is 2.83. The molecule has 0 amide bonds. The molecule has 10 aromatic carbocycles. The second-order valence-electron chi connectivity index (χ2n) is 35.2. The molecule has 0 bridgehead atoms. The zero-order valence-electron chi connectivity index (χ0n) is 58.1. The van der Waals surface area contributed by atoms with Crippen molar-refractivity contribution in [3.63, 3.8) is 0 Å². The number of benzene rings is 10. The van der Waals surface area contributed by atoms with Crippen LogP contribution in [-0.2, 0) is 43.3 Å². The first kappa shape index (κ1) is 57.7.